The van der Waals surface area contributed by atoms with E-state index in [9.17, 15) is 9.59 Å². The molecule has 1 N–H and O–H groups in total. The topological polar surface area (TPSA) is 105 Å². The first-order valence-electron chi connectivity index (χ1n) is 10.8. The minimum atomic E-state index is -0.646. The van der Waals surface area contributed by atoms with Crippen LogP contribution in [0, 0.1) is 0 Å². The van der Waals surface area contributed by atoms with Crippen molar-refractivity contribution in [1.82, 2.24) is 24.6 Å². The van der Waals surface area contributed by atoms with Crippen LogP contribution in [0.1, 0.15) is 33.3 Å². The quantitative estimate of drug-likeness (QED) is 0.429. The number of carbonyl (C=O) groups excluding carboxylic acids is 2. The summed E-state index contributed by atoms with van der Waals surface area (Å²) < 4.78 is 6.59. The highest BCUT2D eigenvalue weighted by Crippen LogP contribution is 2.22. The number of aromatic nitrogens is 4. The molecule has 1 saturated heterocycles. The Labute approximate surface area is 192 Å². The van der Waals surface area contributed by atoms with E-state index in [0.29, 0.717) is 5.56 Å². The number of piperazine rings is 1. The van der Waals surface area contributed by atoms with Crippen LogP contribution in [0.5, 0.6) is 0 Å². The Morgan fingerprint density at radius 3 is 2.42 bits per heavy atom. The summed E-state index contributed by atoms with van der Waals surface area (Å²) in [5, 5.41) is 7.15. The molecular formula is C23H27N7O3. The Balaban J connectivity index is 1.56. The molecule has 0 amide bonds. The number of benzene rings is 1. The van der Waals surface area contributed by atoms with E-state index >= 15 is 0 Å². The highest BCUT2D eigenvalue weighted by molar-refractivity contribution is 6.13. The average molecular weight is 450 g/mol. The Bertz CT molecular complexity index is 1140. The predicted octanol–water partition coefficient (Wildman–Crippen LogP) is 2.11. The molecule has 0 atom stereocenters. The monoisotopic (exact) mass is 449 g/mol. The summed E-state index contributed by atoms with van der Waals surface area (Å²) in [7, 11) is 3.84. The second-order valence-electron chi connectivity index (χ2n) is 7.87. The van der Waals surface area contributed by atoms with E-state index in [2.05, 4.69) is 37.2 Å². The van der Waals surface area contributed by atoms with Crippen molar-refractivity contribution in [2.75, 3.05) is 50.1 Å². The Hall–Kier alpha value is -3.79. The molecule has 0 saturated carbocycles. The van der Waals surface area contributed by atoms with Crippen LogP contribution in [0.2, 0.25) is 0 Å². The van der Waals surface area contributed by atoms with Gasteiger partial charge in [0, 0.05) is 57.0 Å². The molecule has 1 fully saturated rings. The van der Waals surface area contributed by atoms with Crippen LogP contribution in [-0.2, 0) is 11.8 Å². The molecule has 2 aromatic heterocycles. The van der Waals surface area contributed by atoms with Crippen LogP contribution in [0.4, 0.5) is 17.3 Å². The Morgan fingerprint density at radius 1 is 1.06 bits per heavy atom. The van der Waals surface area contributed by atoms with Crippen LogP contribution >= 0.6 is 0 Å². The first-order chi connectivity index (χ1) is 15.9. The number of esters is 1. The molecule has 10 nitrogen and oxygen atoms in total. The molecule has 0 bridgehead atoms. The lowest BCUT2D eigenvalue weighted by atomic mass is 10.1. The smallest absolute Gasteiger partial charge is 0.342 e. The van der Waals surface area contributed by atoms with Gasteiger partial charge in [0.15, 0.2) is 0 Å². The molecule has 172 valence electrons. The maximum absolute atomic E-state index is 13.0. The molecule has 10 heteroatoms. The summed E-state index contributed by atoms with van der Waals surface area (Å²) >= 11 is 0. The highest BCUT2D eigenvalue weighted by Gasteiger charge is 2.24. The molecule has 3 aromatic rings. The summed E-state index contributed by atoms with van der Waals surface area (Å²) in [6.45, 7) is 5.92. The van der Waals surface area contributed by atoms with Crippen molar-refractivity contribution >= 4 is 29.1 Å². The fourth-order valence-electron chi connectivity index (χ4n) is 3.60. The predicted molar refractivity (Wildman–Crippen MR) is 124 cm³/mol. The lowest BCUT2D eigenvalue weighted by molar-refractivity contribution is 0.0522. The standard InChI is InChI=1S/C23H27N7O3/c1-4-33-22(32)19-14-24-23(27-20(19)21(31)16-13-25-29(3)15-16)26-17-5-7-18(8-6-17)30-11-9-28(2)10-12-30/h5-8,13-15H,4,9-12H2,1-3H3,(H,24,26,27). The van der Waals surface area contributed by atoms with Crippen LogP contribution in [0.3, 0.4) is 0 Å². The number of aryl methyl sites for hydroxylation is 1. The van der Waals surface area contributed by atoms with E-state index < -0.39 is 11.8 Å². The number of anilines is 3. The van der Waals surface area contributed by atoms with Crippen LogP contribution in [0.15, 0.2) is 42.9 Å². The maximum atomic E-state index is 13.0. The van der Waals surface area contributed by atoms with Gasteiger partial charge >= 0.3 is 5.97 Å². The van der Waals surface area contributed by atoms with Gasteiger partial charge in [0.25, 0.3) is 0 Å². The molecule has 1 aromatic carbocycles. The Morgan fingerprint density at radius 2 is 1.79 bits per heavy atom. The highest BCUT2D eigenvalue weighted by atomic mass is 16.5. The van der Waals surface area contributed by atoms with Crippen molar-refractivity contribution in [2.24, 2.45) is 7.05 Å². The number of nitrogens with one attached hydrogen (secondary N) is 1. The van der Waals surface area contributed by atoms with Crippen LogP contribution in [0.25, 0.3) is 0 Å². The molecule has 0 spiro atoms. The minimum Gasteiger partial charge on any atom is -0.462 e. The molecule has 1 aliphatic rings. The zero-order valence-electron chi connectivity index (χ0n) is 19.0. The normalized spacial score (nSPS) is 14.2. The van der Waals surface area contributed by atoms with Crippen molar-refractivity contribution in [1.29, 1.82) is 0 Å². The molecule has 0 unspecified atom stereocenters. The van der Waals surface area contributed by atoms with Crippen molar-refractivity contribution in [3.63, 3.8) is 0 Å². The van der Waals surface area contributed by atoms with E-state index in [1.54, 1.807) is 20.2 Å². The SMILES string of the molecule is CCOC(=O)c1cnc(Nc2ccc(N3CCN(C)CC3)cc2)nc1C(=O)c1cnn(C)c1. The minimum absolute atomic E-state index is 0.0154. The zero-order chi connectivity index (χ0) is 23.4. The van der Waals surface area contributed by atoms with E-state index in [1.807, 2.05) is 24.3 Å². The van der Waals surface area contributed by atoms with Gasteiger partial charge in [0.05, 0.1) is 18.4 Å². The summed E-state index contributed by atoms with van der Waals surface area (Å²) in [5.74, 6) is -0.863. The van der Waals surface area contributed by atoms with Crippen LogP contribution < -0.4 is 10.2 Å². The zero-order valence-corrected chi connectivity index (χ0v) is 19.0. The van der Waals surface area contributed by atoms with Crippen molar-refractivity contribution in [2.45, 2.75) is 6.92 Å². The molecule has 33 heavy (non-hydrogen) atoms. The second kappa shape index (κ2) is 9.78. The van der Waals surface area contributed by atoms with Crippen LogP contribution in [-0.4, -0.2) is 76.2 Å². The third kappa shape index (κ3) is 5.17. The molecular weight excluding hydrogens is 422 g/mol. The lowest BCUT2D eigenvalue weighted by Crippen LogP contribution is -2.44. The molecule has 0 aliphatic carbocycles. The van der Waals surface area contributed by atoms with Gasteiger partial charge in [0.1, 0.15) is 11.3 Å². The maximum Gasteiger partial charge on any atom is 0.342 e. The number of carbonyl (C=O) groups is 2. The fraction of sp³-hybridized carbons (Fsp3) is 0.348. The first kappa shape index (κ1) is 22.4. The number of ketones is 1. The van der Waals surface area contributed by atoms with Gasteiger partial charge in [0.2, 0.25) is 11.7 Å². The van der Waals surface area contributed by atoms with Gasteiger partial charge in [-0.05, 0) is 38.2 Å². The van der Waals surface area contributed by atoms with Gasteiger partial charge < -0.3 is 19.9 Å². The van der Waals surface area contributed by atoms with E-state index in [0.717, 1.165) is 37.6 Å². The fourth-order valence-corrected chi connectivity index (χ4v) is 3.60. The number of hydrogen-bond donors (Lipinski definition) is 1. The van der Waals surface area contributed by atoms with Crippen molar-refractivity contribution in [3.05, 3.63) is 59.7 Å². The molecule has 0 radical (unpaired) electrons. The van der Waals surface area contributed by atoms with E-state index in [4.69, 9.17) is 4.74 Å². The summed E-state index contributed by atoms with van der Waals surface area (Å²) in [4.78, 5) is 38.7. The lowest BCUT2D eigenvalue weighted by Gasteiger charge is -2.34. The van der Waals surface area contributed by atoms with Gasteiger partial charge in [-0.25, -0.2) is 14.8 Å². The Kier molecular flexibility index (Phi) is 6.64. The van der Waals surface area contributed by atoms with Crippen molar-refractivity contribution < 1.29 is 14.3 Å². The first-order valence-corrected chi connectivity index (χ1v) is 10.8. The van der Waals surface area contributed by atoms with E-state index in [1.165, 1.54) is 17.1 Å². The number of nitrogens with zero attached hydrogens (tertiary/aromatic N) is 6. The number of likely N-dealkylation sites (N-methyl/N-ethyl adjacent to an activating group) is 1. The van der Waals surface area contributed by atoms with Crippen molar-refractivity contribution in [3.8, 4) is 0 Å². The summed E-state index contributed by atoms with van der Waals surface area (Å²) in [5.41, 5.74) is 2.23. The van der Waals surface area contributed by atoms with Gasteiger partial charge in [-0.1, -0.05) is 0 Å². The van der Waals surface area contributed by atoms with Gasteiger partial charge in [-0.2, -0.15) is 5.10 Å². The summed E-state index contributed by atoms with van der Waals surface area (Å²) in [6.07, 6.45) is 4.32. The number of ether oxygens (including phenoxy) is 1. The molecule has 3 heterocycles. The average Bonchev–Trinajstić information content (AvgIpc) is 3.26. The van der Waals surface area contributed by atoms with Gasteiger partial charge in [-0.15, -0.1) is 0 Å². The third-order valence-corrected chi connectivity index (χ3v) is 5.46. The molecule has 4 rings (SSSR count). The molecule has 1 aliphatic heterocycles. The summed E-state index contributed by atoms with van der Waals surface area (Å²) in [6, 6.07) is 7.97. The van der Waals surface area contributed by atoms with Gasteiger partial charge in [-0.3, -0.25) is 9.48 Å². The number of rotatable bonds is 7. The third-order valence-electron chi connectivity index (χ3n) is 5.46. The van der Waals surface area contributed by atoms with E-state index in [-0.39, 0.29) is 23.8 Å². The second-order valence-corrected chi connectivity index (χ2v) is 7.87. The number of hydrogen-bond acceptors (Lipinski definition) is 9. The largest absolute Gasteiger partial charge is 0.462 e.